The molecule has 2 aromatic rings. The Morgan fingerprint density at radius 2 is 2.00 bits per heavy atom. The van der Waals surface area contributed by atoms with Gasteiger partial charge in [0.15, 0.2) is 11.6 Å². The fourth-order valence-electron chi connectivity index (χ4n) is 1.42. The van der Waals surface area contributed by atoms with E-state index in [9.17, 15) is 4.79 Å². The number of aryl methyl sites for hydroxylation is 1. The van der Waals surface area contributed by atoms with E-state index in [1.54, 1.807) is 12.4 Å². The zero-order valence-corrected chi connectivity index (χ0v) is 8.61. The topological polar surface area (TPSA) is 58.6 Å². The van der Waals surface area contributed by atoms with Gasteiger partial charge in [-0.3, -0.25) is 9.78 Å². The van der Waals surface area contributed by atoms with Gasteiger partial charge in [0.25, 0.3) is 0 Å². The van der Waals surface area contributed by atoms with Crippen LogP contribution in [-0.4, -0.2) is 20.7 Å². The molecular formula is C11H11N3O. The summed E-state index contributed by atoms with van der Waals surface area (Å²) in [4.78, 5) is 22.3. The van der Waals surface area contributed by atoms with Crippen LogP contribution in [0.15, 0.2) is 24.5 Å². The first kappa shape index (κ1) is 9.58. The third-order valence-electron chi connectivity index (χ3n) is 2.17. The van der Waals surface area contributed by atoms with Crippen molar-refractivity contribution in [3.8, 4) is 11.3 Å². The van der Waals surface area contributed by atoms with Gasteiger partial charge in [-0.1, -0.05) is 0 Å². The second kappa shape index (κ2) is 3.65. The number of carbonyl (C=O) groups is 1. The third kappa shape index (κ3) is 1.79. The molecule has 0 fully saturated rings. The van der Waals surface area contributed by atoms with Gasteiger partial charge in [0.2, 0.25) is 0 Å². The van der Waals surface area contributed by atoms with Crippen LogP contribution in [0.1, 0.15) is 23.2 Å². The van der Waals surface area contributed by atoms with Crippen molar-refractivity contribution in [1.29, 1.82) is 0 Å². The lowest BCUT2D eigenvalue weighted by Crippen LogP contribution is -1.94. The number of pyridine rings is 1. The highest BCUT2D eigenvalue weighted by molar-refractivity contribution is 5.91. The van der Waals surface area contributed by atoms with E-state index < -0.39 is 0 Å². The van der Waals surface area contributed by atoms with E-state index >= 15 is 0 Å². The molecule has 0 saturated carbocycles. The number of rotatable bonds is 2. The zero-order valence-electron chi connectivity index (χ0n) is 8.61. The number of carbonyl (C=O) groups excluding carboxylic acids is 1. The molecule has 0 aliphatic rings. The van der Waals surface area contributed by atoms with Gasteiger partial charge in [-0.2, -0.15) is 0 Å². The van der Waals surface area contributed by atoms with E-state index in [2.05, 4.69) is 15.0 Å². The molecule has 2 rings (SSSR count). The Morgan fingerprint density at radius 3 is 2.53 bits per heavy atom. The summed E-state index contributed by atoms with van der Waals surface area (Å²) in [5.74, 6) is 0.345. The number of ketones is 1. The first-order valence-electron chi connectivity index (χ1n) is 4.66. The lowest BCUT2D eigenvalue weighted by molar-refractivity contribution is 0.100. The van der Waals surface area contributed by atoms with Crippen LogP contribution in [0.3, 0.4) is 0 Å². The van der Waals surface area contributed by atoms with Crippen LogP contribution in [0.4, 0.5) is 0 Å². The molecule has 0 atom stereocenters. The molecule has 2 aromatic heterocycles. The molecule has 0 spiro atoms. The van der Waals surface area contributed by atoms with Crippen LogP contribution in [0, 0.1) is 6.92 Å². The summed E-state index contributed by atoms with van der Waals surface area (Å²) in [6, 6.07) is 3.74. The summed E-state index contributed by atoms with van der Waals surface area (Å²) in [7, 11) is 0. The second-order valence-corrected chi connectivity index (χ2v) is 3.35. The normalized spacial score (nSPS) is 10.3. The van der Waals surface area contributed by atoms with Crippen LogP contribution in [-0.2, 0) is 0 Å². The number of hydrogen-bond acceptors (Lipinski definition) is 3. The number of nitrogens with one attached hydrogen (secondary N) is 1. The summed E-state index contributed by atoms with van der Waals surface area (Å²) in [5, 5.41) is 0. The summed E-state index contributed by atoms with van der Waals surface area (Å²) < 4.78 is 0. The maximum Gasteiger partial charge on any atom is 0.195 e. The number of imidazole rings is 1. The first-order chi connectivity index (χ1) is 7.18. The lowest BCUT2D eigenvalue weighted by Gasteiger charge is -1.95. The van der Waals surface area contributed by atoms with E-state index in [4.69, 9.17) is 0 Å². The molecule has 0 aromatic carbocycles. The number of hydrogen-bond donors (Lipinski definition) is 1. The number of Topliss-reactive ketones (excluding diaryl/α,β-unsaturated/α-hetero) is 1. The van der Waals surface area contributed by atoms with Crippen LogP contribution in [0.2, 0.25) is 0 Å². The van der Waals surface area contributed by atoms with Gasteiger partial charge in [0.05, 0.1) is 5.69 Å². The molecule has 76 valence electrons. The molecule has 0 radical (unpaired) electrons. The van der Waals surface area contributed by atoms with Crippen molar-refractivity contribution in [2.75, 3.05) is 0 Å². The quantitative estimate of drug-likeness (QED) is 0.756. The third-order valence-corrected chi connectivity index (χ3v) is 2.17. The highest BCUT2D eigenvalue weighted by Gasteiger charge is 2.10. The van der Waals surface area contributed by atoms with Crippen molar-refractivity contribution in [2.24, 2.45) is 0 Å². The van der Waals surface area contributed by atoms with Crippen molar-refractivity contribution in [3.63, 3.8) is 0 Å². The van der Waals surface area contributed by atoms with Gasteiger partial charge in [-0.15, -0.1) is 0 Å². The summed E-state index contributed by atoms with van der Waals surface area (Å²) in [5.41, 5.74) is 2.67. The molecule has 0 aliphatic carbocycles. The summed E-state index contributed by atoms with van der Waals surface area (Å²) in [6.07, 6.45) is 3.41. The molecule has 0 bridgehead atoms. The van der Waals surface area contributed by atoms with E-state index in [0.29, 0.717) is 5.82 Å². The van der Waals surface area contributed by atoms with Gasteiger partial charge < -0.3 is 4.98 Å². The van der Waals surface area contributed by atoms with Gasteiger partial charge >= 0.3 is 0 Å². The molecule has 0 saturated heterocycles. The Hall–Kier alpha value is -1.97. The van der Waals surface area contributed by atoms with Crippen molar-refractivity contribution >= 4 is 5.78 Å². The van der Waals surface area contributed by atoms with Crippen LogP contribution < -0.4 is 0 Å². The fraction of sp³-hybridized carbons (Fsp3) is 0.182. The van der Waals surface area contributed by atoms with Crippen LogP contribution >= 0.6 is 0 Å². The minimum Gasteiger partial charge on any atom is -0.339 e. The second-order valence-electron chi connectivity index (χ2n) is 3.35. The van der Waals surface area contributed by atoms with E-state index in [-0.39, 0.29) is 5.78 Å². The standard InChI is InChI=1S/C11H11N3O/c1-7-10(9-3-5-12-6-4-9)14-11(13-7)8(2)15/h3-6H,1-2H3,(H,13,14). The minimum atomic E-state index is -0.0570. The predicted molar refractivity (Wildman–Crippen MR) is 56.6 cm³/mol. The largest absolute Gasteiger partial charge is 0.339 e. The van der Waals surface area contributed by atoms with Crippen molar-refractivity contribution in [2.45, 2.75) is 13.8 Å². The number of H-pyrrole nitrogens is 1. The Kier molecular flexibility index (Phi) is 2.33. The molecule has 4 nitrogen and oxygen atoms in total. The fourth-order valence-corrected chi connectivity index (χ4v) is 1.42. The van der Waals surface area contributed by atoms with Crippen LogP contribution in [0.25, 0.3) is 11.3 Å². The molecule has 0 amide bonds. The smallest absolute Gasteiger partial charge is 0.195 e. The van der Waals surface area contributed by atoms with Gasteiger partial charge in [-0.05, 0) is 19.1 Å². The lowest BCUT2D eigenvalue weighted by atomic mass is 10.2. The van der Waals surface area contributed by atoms with E-state index in [1.807, 2.05) is 19.1 Å². The number of nitrogens with zero attached hydrogens (tertiary/aromatic N) is 2. The number of aromatic amines is 1. The molecule has 0 unspecified atom stereocenters. The zero-order chi connectivity index (χ0) is 10.8. The Labute approximate surface area is 87.4 Å². The number of aromatic nitrogens is 3. The van der Waals surface area contributed by atoms with Gasteiger partial charge in [0.1, 0.15) is 0 Å². The Morgan fingerprint density at radius 1 is 1.33 bits per heavy atom. The van der Waals surface area contributed by atoms with E-state index in [1.165, 1.54) is 6.92 Å². The molecule has 1 N–H and O–H groups in total. The molecule has 2 heterocycles. The Bertz CT molecular complexity index is 488. The molecule has 0 aliphatic heterocycles. The predicted octanol–water partition coefficient (Wildman–Crippen LogP) is 1.98. The van der Waals surface area contributed by atoms with E-state index in [0.717, 1.165) is 17.0 Å². The van der Waals surface area contributed by atoms with Crippen molar-refractivity contribution < 1.29 is 4.79 Å². The van der Waals surface area contributed by atoms with Crippen LogP contribution in [0.5, 0.6) is 0 Å². The molecule has 15 heavy (non-hydrogen) atoms. The van der Waals surface area contributed by atoms with Gasteiger partial charge in [-0.25, -0.2) is 4.98 Å². The van der Waals surface area contributed by atoms with Gasteiger partial charge in [0, 0.05) is 30.6 Å². The molecular weight excluding hydrogens is 190 g/mol. The minimum absolute atomic E-state index is 0.0570. The monoisotopic (exact) mass is 201 g/mol. The SMILES string of the molecule is CC(=O)c1nc(-c2ccncc2)c(C)[nH]1. The maximum atomic E-state index is 11.1. The summed E-state index contributed by atoms with van der Waals surface area (Å²) in [6.45, 7) is 3.39. The summed E-state index contributed by atoms with van der Waals surface area (Å²) >= 11 is 0. The Balaban J connectivity index is 2.50. The average molecular weight is 201 g/mol. The highest BCUT2D eigenvalue weighted by atomic mass is 16.1. The molecule has 4 heteroatoms. The highest BCUT2D eigenvalue weighted by Crippen LogP contribution is 2.19. The van der Waals surface area contributed by atoms with Crippen molar-refractivity contribution in [1.82, 2.24) is 15.0 Å². The first-order valence-corrected chi connectivity index (χ1v) is 4.66. The maximum absolute atomic E-state index is 11.1. The average Bonchev–Trinajstić information content (AvgIpc) is 2.62. The van der Waals surface area contributed by atoms with Crippen molar-refractivity contribution in [3.05, 3.63) is 36.0 Å².